The Morgan fingerprint density at radius 1 is 1.15 bits per heavy atom. The van der Waals surface area contributed by atoms with E-state index in [1.54, 1.807) is 6.07 Å². The molecule has 6 nitrogen and oxygen atoms in total. The molecule has 0 saturated heterocycles. The number of aromatic nitrogens is 1. The van der Waals surface area contributed by atoms with Gasteiger partial charge < -0.3 is 14.9 Å². The summed E-state index contributed by atoms with van der Waals surface area (Å²) in [4.78, 5) is 23.8. The molecule has 2 N–H and O–H groups in total. The number of hydrogen-bond acceptors (Lipinski definition) is 4. The number of carbonyl (C=O) groups is 2. The predicted octanol–water partition coefficient (Wildman–Crippen LogP) is 3.65. The number of rotatable bonds is 6. The standard InChI is InChI=1S/C20H18N2O4/c23-19(24)11-16(15-8-5-12-3-1-2-4-14(12)9-15)21-20(25)18-10-17(22-26-18)13-6-7-13/h1-5,8-10,13,16H,6-7,11H2,(H,21,25)(H,23,24)/t16-/m0/s1. The Balaban J connectivity index is 1.58. The van der Waals surface area contributed by atoms with Crippen molar-refractivity contribution in [2.45, 2.75) is 31.2 Å². The fourth-order valence-electron chi connectivity index (χ4n) is 3.05. The van der Waals surface area contributed by atoms with E-state index in [1.807, 2.05) is 42.5 Å². The maximum absolute atomic E-state index is 12.5. The fraction of sp³-hybridized carbons (Fsp3) is 0.250. The molecule has 1 amide bonds. The Kier molecular flexibility index (Phi) is 4.16. The number of amides is 1. The molecule has 132 valence electrons. The Bertz CT molecular complexity index is 975. The Morgan fingerprint density at radius 3 is 2.65 bits per heavy atom. The van der Waals surface area contributed by atoms with Crippen molar-refractivity contribution in [3.05, 3.63) is 65.5 Å². The third-order valence-electron chi connectivity index (χ3n) is 4.61. The summed E-state index contributed by atoms with van der Waals surface area (Å²) in [6, 6.07) is 14.5. The van der Waals surface area contributed by atoms with Crippen molar-refractivity contribution in [1.82, 2.24) is 10.5 Å². The second kappa shape index (κ2) is 6.63. The lowest BCUT2D eigenvalue weighted by molar-refractivity contribution is -0.137. The first-order valence-electron chi connectivity index (χ1n) is 8.58. The van der Waals surface area contributed by atoms with Crippen LogP contribution < -0.4 is 5.32 Å². The van der Waals surface area contributed by atoms with E-state index in [0.29, 0.717) is 5.92 Å². The lowest BCUT2D eigenvalue weighted by atomic mass is 9.99. The van der Waals surface area contributed by atoms with Crippen molar-refractivity contribution in [2.24, 2.45) is 0 Å². The molecular formula is C20H18N2O4. The van der Waals surface area contributed by atoms with E-state index in [0.717, 1.165) is 34.9 Å². The van der Waals surface area contributed by atoms with Crippen LogP contribution in [0.5, 0.6) is 0 Å². The zero-order valence-electron chi connectivity index (χ0n) is 14.0. The van der Waals surface area contributed by atoms with Crippen molar-refractivity contribution in [3.63, 3.8) is 0 Å². The van der Waals surface area contributed by atoms with Crippen LogP contribution in [-0.2, 0) is 4.79 Å². The van der Waals surface area contributed by atoms with Crippen LogP contribution >= 0.6 is 0 Å². The molecule has 1 aliphatic carbocycles. The first-order chi connectivity index (χ1) is 12.6. The van der Waals surface area contributed by atoms with Gasteiger partial charge in [-0.2, -0.15) is 0 Å². The third-order valence-corrected chi connectivity index (χ3v) is 4.61. The molecule has 1 heterocycles. The summed E-state index contributed by atoms with van der Waals surface area (Å²) >= 11 is 0. The minimum Gasteiger partial charge on any atom is -0.481 e. The number of hydrogen-bond donors (Lipinski definition) is 2. The van der Waals surface area contributed by atoms with Crippen LogP contribution in [0.4, 0.5) is 0 Å². The van der Waals surface area contributed by atoms with Crippen LogP contribution in [0.25, 0.3) is 10.8 Å². The number of nitrogens with one attached hydrogen (secondary N) is 1. The van der Waals surface area contributed by atoms with Gasteiger partial charge in [0, 0.05) is 12.0 Å². The molecular weight excluding hydrogens is 332 g/mol. The van der Waals surface area contributed by atoms with E-state index >= 15 is 0 Å². The Hall–Kier alpha value is -3.15. The number of aliphatic carboxylic acids is 1. The van der Waals surface area contributed by atoms with Crippen LogP contribution in [0.1, 0.15) is 53.0 Å². The second-order valence-electron chi connectivity index (χ2n) is 6.62. The molecule has 1 aromatic heterocycles. The highest BCUT2D eigenvalue weighted by Crippen LogP contribution is 2.39. The van der Waals surface area contributed by atoms with Crippen molar-refractivity contribution in [2.75, 3.05) is 0 Å². The van der Waals surface area contributed by atoms with Crippen LogP contribution in [0.2, 0.25) is 0 Å². The molecule has 26 heavy (non-hydrogen) atoms. The number of nitrogens with zero attached hydrogens (tertiary/aromatic N) is 1. The maximum Gasteiger partial charge on any atom is 0.305 e. The van der Waals surface area contributed by atoms with Gasteiger partial charge in [-0.05, 0) is 35.2 Å². The molecule has 0 spiro atoms. The highest BCUT2D eigenvalue weighted by atomic mass is 16.5. The summed E-state index contributed by atoms with van der Waals surface area (Å²) in [5.74, 6) is -0.942. The average Bonchev–Trinajstić information content (AvgIpc) is 3.37. The monoisotopic (exact) mass is 350 g/mol. The molecule has 2 aromatic carbocycles. The Morgan fingerprint density at radius 2 is 1.92 bits per heavy atom. The van der Waals surface area contributed by atoms with Crippen molar-refractivity contribution in [3.8, 4) is 0 Å². The largest absolute Gasteiger partial charge is 0.481 e. The summed E-state index contributed by atoms with van der Waals surface area (Å²) in [5, 5.41) is 18.0. The molecule has 1 atom stereocenters. The number of carbonyl (C=O) groups excluding carboxylic acids is 1. The first kappa shape index (κ1) is 16.3. The number of carboxylic acid groups (broad SMARTS) is 1. The minimum atomic E-state index is -0.986. The van der Waals surface area contributed by atoms with Crippen LogP contribution in [0.15, 0.2) is 53.1 Å². The molecule has 0 bridgehead atoms. The zero-order valence-corrected chi connectivity index (χ0v) is 14.0. The van der Waals surface area contributed by atoms with Gasteiger partial charge in [-0.3, -0.25) is 9.59 Å². The Labute approximate surface area is 149 Å². The van der Waals surface area contributed by atoms with Crippen LogP contribution in [-0.4, -0.2) is 22.1 Å². The molecule has 1 aliphatic rings. The summed E-state index contributed by atoms with van der Waals surface area (Å²) in [5.41, 5.74) is 1.53. The molecule has 6 heteroatoms. The molecule has 0 aliphatic heterocycles. The molecule has 0 unspecified atom stereocenters. The molecule has 4 rings (SSSR count). The van der Waals surface area contributed by atoms with Crippen molar-refractivity contribution in [1.29, 1.82) is 0 Å². The van der Waals surface area contributed by atoms with Crippen molar-refractivity contribution >= 4 is 22.6 Å². The van der Waals surface area contributed by atoms with Gasteiger partial charge in [-0.15, -0.1) is 0 Å². The highest BCUT2D eigenvalue weighted by Gasteiger charge is 2.29. The van der Waals surface area contributed by atoms with Gasteiger partial charge in [0.15, 0.2) is 0 Å². The highest BCUT2D eigenvalue weighted by molar-refractivity contribution is 5.92. The lowest BCUT2D eigenvalue weighted by Crippen LogP contribution is -2.30. The topological polar surface area (TPSA) is 92.4 Å². The van der Waals surface area contributed by atoms with E-state index < -0.39 is 17.9 Å². The summed E-state index contributed by atoms with van der Waals surface area (Å²) in [6.07, 6.45) is 1.91. The number of carboxylic acids is 1. The van der Waals surface area contributed by atoms with E-state index in [1.165, 1.54) is 0 Å². The van der Waals surface area contributed by atoms with Gasteiger partial charge in [-0.1, -0.05) is 41.6 Å². The summed E-state index contributed by atoms with van der Waals surface area (Å²) in [6.45, 7) is 0. The molecule has 0 radical (unpaired) electrons. The second-order valence-corrected chi connectivity index (χ2v) is 6.62. The average molecular weight is 350 g/mol. The SMILES string of the molecule is O=C(O)C[C@H](NC(=O)c1cc(C2CC2)no1)c1ccc2ccccc2c1. The smallest absolute Gasteiger partial charge is 0.305 e. The quantitative estimate of drug-likeness (QED) is 0.708. The van der Waals surface area contributed by atoms with Gasteiger partial charge in [-0.25, -0.2) is 0 Å². The first-order valence-corrected chi connectivity index (χ1v) is 8.58. The van der Waals surface area contributed by atoms with Gasteiger partial charge in [0.05, 0.1) is 18.2 Å². The van der Waals surface area contributed by atoms with Crippen LogP contribution in [0, 0.1) is 0 Å². The van der Waals surface area contributed by atoms with E-state index in [2.05, 4.69) is 10.5 Å². The van der Waals surface area contributed by atoms with Gasteiger partial charge in [0.2, 0.25) is 5.76 Å². The molecule has 3 aromatic rings. The summed E-state index contributed by atoms with van der Waals surface area (Å²) in [7, 11) is 0. The minimum absolute atomic E-state index is 0.114. The predicted molar refractivity (Wildman–Crippen MR) is 94.9 cm³/mol. The maximum atomic E-state index is 12.5. The molecule has 1 saturated carbocycles. The van der Waals surface area contributed by atoms with E-state index in [9.17, 15) is 14.7 Å². The third kappa shape index (κ3) is 3.44. The van der Waals surface area contributed by atoms with Crippen LogP contribution in [0.3, 0.4) is 0 Å². The molecule has 1 fully saturated rings. The summed E-state index contributed by atoms with van der Waals surface area (Å²) < 4.78 is 5.13. The fourth-order valence-corrected chi connectivity index (χ4v) is 3.05. The van der Waals surface area contributed by atoms with Gasteiger partial charge in [0.25, 0.3) is 5.91 Å². The van der Waals surface area contributed by atoms with Crippen molar-refractivity contribution < 1.29 is 19.2 Å². The van der Waals surface area contributed by atoms with Gasteiger partial charge >= 0.3 is 5.97 Å². The number of fused-ring (bicyclic) bond motifs is 1. The van der Waals surface area contributed by atoms with E-state index in [4.69, 9.17) is 4.52 Å². The zero-order chi connectivity index (χ0) is 18.1. The van der Waals surface area contributed by atoms with E-state index in [-0.39, 0.29) is 12.2 Å². The lowest BCUT2D eigenvalue weighted by Gasteiger charge is -2.17. The van der Waals surface area contributed by atoms with Gasteiger partial charge in [0.1, 0.15) is 0 Å². The number of benzene rings is 2. The normalized spacial score (nSPS) is 14.9.